The van der Waals surface area contributed by atoms with Gasteiger partial charge in [0.15, 0.2) is 17.5 Å². The van der Waals surface area contributed by atoms with Crippen molar-refractivity contribution in [1.29, 1.82) is 0 Å². The van der Waals surface area contributed by atoms with Crippen molar-refractivity contribution in [3.8, 4) is 45.3 Å². The van der Waals surface area contributed by atoms with E-state index in [2.05, 4.69) is 4.98 Å². The summed E-state index contributed by atoms with van der Waals surface area (Å²) in [5, 5.41) is -0.0261. The van der Waals surface area contributed by atoms with E-state index in [1.54, 1.807) is 35.6 Å². The molecule has 49 heavy (non-hydrogen) atoms. The first-order valence-corrected chi connectivity index (χ1v) is 16.0. The van der Waals surface area contributed by atoms with Crippen molar-refractivity contribution in [2.75, 3.05) is 0 Å². The Hall–Kier alpha value is -6.23. The molecule has 4 heteroatoms. The normalized spacial score (nSPS) is 16.0. The van der Waals surface area contributed by atoms with Crippen LogP contribution < -0.4 is 0 Å². The van der Waals surface area contributed by atoms with E-state index in [0.717, 1.165) is 20.2 Å². The topological polar surface area (TPSA) is 38.7 Å². The third-order valence-corrected chi connectivity index (χ3v) is 9.47. The van der Waals surface area contributed by atoms with Gasteiger partial charge in [0.05, 0.1) is 20.6 Å². The molecule has 2 heterocycles. The molecular weight excluding hydrogens is 615 g/mol. The predicted molar refractivity (Wildman–Crippen MR) is 207 cm³/mol. The smallest absolute Gasteiger partial charge is 0.164 e. The molecule has 2 aromatic heterocycles. The van der Waals surface area contributed by atoms with Crippen LogP contribution in [0.15, 0.2) is 163 Å². The van der Waals surface area contributed by atoms with Crippen LogP contribution in [0.5, 0.6) is 0 Å². The third kappa shape index (κ3) is 4.68. The van der Waals surface area contributed by atoms with E-state index in [0.29, 0.717) is 11.1 Å². The number of benzene rings is 8. The molecule has 0 aliphatic carbocycles. The lowest BCUT2D eigenvalue weighted by Crippen LogP contribution is -2.00. The summed E-state index contributed by atoms with van der Waals surface area (Å²) >= 11 is 1.59. The fraction of sp³-hybridized carbons (Fsp3) is 0. The molecule has 0 saturated heterocycles. The maximum atomic E-state index is 9.61. The Morgan fingerprint density at radius 3 is 1.61 bits per heavy atom. The molecule has 228 valence electrons. The highest BCUT2D eigenvalue weighted by Crippen LogP contribution is 2.38. The average Bonchev–Trinajstić information content (AvgIpc) is 3.68. The molecule has 0 amide bonds. The van der Waals surface area contributed by atoms with E-state index in [1.807, 2.05) is 48.5 Å². The van der Waals surface area contributed by atoms with Gasteiger partial charge in [-0.25, -0.2) is 15.0 Å². The minimum absolute atomic E-state index is 0.190. The van der Waals surface area contributed by atoms with Crippen molar-refractivity contribution in [2.24, 2.45) is 0 Å². The number of aromatic nitrogens is 3. The van der Waals surface area contributed by atoms with E-state index in [9.17, 15) is 9.60 Å². The molecule has 0 spiro atoms. The van der Waals surface area contributed by atoms with Gasteiger partial charge in [0.25, 0.3) is 0 Å². The SMILES string of the molecule is [2H]c1c([2H])c(-c2c([2H])c([2H])c3c4c([2H])c([2H])c([2H])c([2H])c4c4c([2H])c([2H])c([2H])c([2H])c4c3c2[2H])c([2H])c([2H])c1-c1nc(-c2ccccc2)nc(-c2ccc3c(c2)sc2ccccc23)n1. The highest BCUT2D eigenvalue weighted by atomic mass is 32.1. The first-order valence-electron chi connectivity index (χ1n) is 22.7. The van der Waals surface area contributed by atoms with Crippen LogP contribution in [0.2, 0.25) is 0 Å². The highest BCUT2D eigenvalue weighted by Gasteiger charge is 2.15. The molecule has 0 aliphatic heterocycles. The highest BCUT2D eigenvalue weighted by molar-refractivity contribution is 7.25. The van der Waals surface area contributed by atoms with E-state index in [4.69, 9.17) is 20.9 Å². The second-order valence-electron chi connectivity index (χ2n) is 11.2. The van der Waals surface area contributed by atoms with Gasteiger partial charge in [0, 0.05) is 36.9 Å². The maximum Gasteiger partial charge on any atom is 0.164 e. The molecule has 0 unspecified atom stereocenters. The second-order valence-corrected chi connectivity index (χ2v) is 12.3. The van der Waals surface area contributed by atoms with Crippen LogP contribution in [0.4, 0.5) is 0 Å². The minimum atomic E-state index is -0.773. The van der Waals surface area contributed by atoms with Crippen LogP contribution in [-0.2, 0) is 0 Å². The molecule has 10 aromatic rings. The quantitative estimate of drug-likeness (QED) is 0.177. The molecule has 0 bridgehead atoms. The monoisotopic (exact) mass is 656 g/mol. The third-order valence-electron chi connectivity index (χ3n) is 8.34. The average molecular weight is 657 g/mol. The molecule has 8 aromatic carbocycles. The van der Waals surface area contributed by atoms with Gasteiger partial charge >= 0.3 is 0 Å². The summed E-state index contributed by atoms with van der Waals surface area (Å²) in [6.07, 6.45) is 0. The molecule has 0 radical (unpaired) electrons. The summed E-state index contributed by atoms with van der Waals surface area (Å²) in [4.78, 5) is 14.2. The molecule has 0 aliphatic rings. The fourth-order valence-electron chi connectivity index (χ4n) is 6.03. The van der Waals surface area contributed by atoms with Crippen molar-refractivity contribution >= 4 is 63.8 Å². The Morgan fingerprint density at radius 2 is 0.898 bits per heavy atom. The van der Waals surface area contributed by atoms with Crippen molar-refractivity contribution in [3.05, 3.63) is 163 Å². The maximum absolute atomic E-state index is 9.61. The standard InChI is InChI=1S/C45H27N3S/c1-2-10-29(11-3-1)43-46-44(48-45(47-43)32-23-25-39-38-16-8-9-17-41(38)49-42(39)27-32)30-20-18-28(19-21-30)31-22-24-37-35-14-5-4-12-33(35)34-13-6-7-15-36(34)40(37)26-31/h1-27H/i4D,5D,6D,7D,12D,13D,14D,15D,18D,19D,20D,21D,22D,24D,26D. The van der Waals surface area contributed by atoms with E-state index in [-0.39, 0.29) is 55.4 Å². The summed E-state index contributed by atoms with van der Waals surface area (Å²) in [6, 6.07) is 12.3. The van der Waals surface area contributed by atoms with Gasteiger partial charge in [-0.3, -0.25) is 0 Å². The van der Waals surface area contributed by atoms with Gasteiger partial charge < -0.3 is 0 Å². The van der Waals surface area contributed by atoms with Gasteiger partial charge in [0.2, 0.25) is 0 Å². The van der Waals surface area contributed by atoms with Crippen LogP contribution in [-0.4, -0.2) is 15.0 Å². The van der Waals surface area contributed by atoms with Gasteiger partial charge in [-0.1, -0.05) is 145 Å². The second kappa shape index (κ2) is 11.2. The Morgan fingerprint density at radius 1 is 0.367 bits per heavy atom. The van der Waals surface area contributed by atoms with Crippen LogP contribution in [0.3, 0.4) is 0 Å². The lowest BCUT2D eigenvalue weighted by molar-refractivity contribution is 1.07. The van der Waals surface area contributed by atoms with Crippen LogP contribution in [0.25, 0.3) is 97.8 Å². The number of hydrogen-bond donors (Lipinski definition) is 0. The first-order chi connectivity index (χ1) is 30.5. The molecule has 0 N–H and O–H groups in total. The van der Waals surface area contributed by atoms with Crippen molar-refractivity contribution < 1.29 is 20.6 Å². The Balaban J connectivity index is 1.26. The Kier molecular flexibility index (Phi) is 3.82. The molecule has 3 nitrogen and oxygen atoms in total. The van der Waals surface area contributed by atoms with Crippen molar-refractivity contribution in [3.63, 3.8) is 0 Å². The molecule has 0 saturated carbocycles. The fourth-order valence-corrected chi connectivity index (χ4v) is 7.17. The Labute approximate surface area is 307 Å². The first kappa shape index (κ1) is 16.7. The number of fused-ring (bicyclic) bond motifs is 9. The lowest BCUT2D eigenvalue weighted by atomic mass is 9.92. The van der Waals surface area contributed by atoms with Crippen molar-refractivity contribution in [1.82, 2.24) is 15.0 Å². The van der Waals surface area contributed by atoms with Crippen LogP contribution in [0, 0.1) is 0 Å². The Bertz CT molecular complexity index is 3670. The number of hydrogen-bond acceptors (Lipinski definition) is 4. The van der Waals surface area contributed by atoms with Crippen LogP contribution >= 0.6 is 11.3 Å². The lowest BCUT2D eigenvalue weighted by Gasteiger charge is -2.12. The zero-order chi connectivity index (χ0) is 45.4. The van der Waals surface area contributed by atoms with Gasteiger partial charge in [-0.15, -0.1) is 11.3 Å². The minimum Gasteiger partial charge on any atom is -0.208 e. The molecular formula is C45H27N3S. The van der Waals surface area contributed by atoms with E-state index >= 15 is 0 Å². The van der Waals surface area contributed by atoms with Crippen LogP contribution in [0.1, 0.15) is 20.6 Å². The zero-order valence-electron chi connectivity index (χ0n) is 40.2. The number of rotatable bonds is 4. The summed E-state index contributed by atoms with van der Waals surface area (Å²) in [5.41, 5.74) is -0.240. The van der Waals surface area contributed by atoms with Crippen molar-refractivity contribution in [2.45, 2.75) is 0 Å². The van der Waals surface area contributed by atoms with E-state index in [1.165, 1.54) is 0 Å². The summed E-state index contributed by atoms with van der Waals surface area (Å²) in [7, 11) is 0. The molecule has 10 rings (SSSR count). The van der Waals surface area contributed by atoms with Gasteiger partial charge in [-0.2, -0.15) is 0 Å². The zero-order valence-corrected chi connectivity index (χ0v) is 26.0. The predicted octanol–water partition coefficient (Wildman–Crippen LogP) is 12.4. The summed E-state index contributed by atoms with van der Waals surface area (Å²) in [6.45, 7) is 0. The van der Waals surface area contributed by atoms with E-state index < -0.39 is 102 Å². The molecule has 0 fully saturated rings. The van der Waals surface area contributed by atoms with Gasteiger partial charge in [0.1, 0.15) is 0 Å². The number of nitrogens with zero attached hydrogens (tertiary/aromatic N) is 3. The summed E-state index contributed by atoms with van der Waals surface area (Å²) < 4.78 is 137. The summed E-state index contributed by atoms with van der Waals surface area (Å²) in [5.74, 6) is 0.194. The number of thiophene rings is 1. The van der Waals surface area contributed by atoms with Gasteiger partial charge in [-0.05, 0) is 61.6 Å². The molecule has 0 atom stereocenters. The largest absolute Gasteiger partial charge is 0.208 e.